The summed E-state index contributed by atoms with van der Waals surface area (Å²) in [6.45, 7) is 2.74. The largest absolute Gasteiger partial charge is 0.490 e. The molecule has 0 bridgehead atoms. The van der Waals surface area contributed by atoms with Gasteiger partial charge < -0.3 is 14.5 Å². The number of ether oxygens (including phenoxy) is 2. The van der Waals surface area contributed by atoms with Crippen LogP contribution in [-0.4, -0.2) is 16.6 Å². The number of hydrogen-bond donors (Lipinski definition) is 1. The summed E-state index contributed by atoms with van der Waals surface area (Å²) in [6, 6.07) is 23.2. The molecule has 0 radical (unpaired) electrons. The van der Waals surface area contributed by atoms with Gasteiger partial charge in [0.25, 0.3) is 0 Å². The molecule has 7 heteroatoms. The zero-order valence-corrected chi connectivity index (χ0v) is 18.9. The molecular formula is C25H20ClN3O2S. The molecular weight excluding hydrogens is 442 g/mol. The number of nitrogens with zero attached hydrogens (tertiary/aromatic N) is 2. The zero-order valence-electron chi connectivity index (χ0n) is 17.3. The number of benzene rings is 3. The zero-order chi connectivity index (χ0) is 22.3. The average molecular weight is 462 g/mol. The van der Waals surface area contributed by atoms with Gasteiger partial charge >= 0.3 is 0 Å². The fraction of sp³-hybridized carbons (Fsp3) is 0.120. The minimum absolute atomic E-state index is 0.334. The van der Waals surface area contributed by atoms with E-state index in [1.165, 1.54) is 11.8 Å². The summed E-state index contributed by atoms with van der Waals surface area (Å²) in [5, 5.41) is 11.0. The Labute approximate surface area is 195 Å². The molecule has 0 fully saturated rings. The lowest BCUT2D eigenvalue weighted by molar-refractivity contribution is 0.269. The standard InChI is InChI=1S/C25H20ClN3O2S/c1-2-30-24-14-17(11-12-23(24)31-16-18-7-3-4-8-20(18)26)13-19(15-27)32-25-28-21-9-5-6-10-22(21)29-25/h3-14H,2,16H2,1H3,(H,28,29)/b19-13+. The van der Waals surface area contributed by atoms with Crippen molar-refractivity contribution in [1.29, 1.82) is 5.26 Å². The van der Waals surface area contributed by atoms with Gasteiger partial charge in [-0.3, -0.25) is 0 Å². The fourth-order valence-corrected chi connectivity index (χ4v) is 4.03. The highest BCUT2D eigenvalue weighted by Crippen LogP contribution is 2.33. The molecule has 0 saturated carbocycles. The van der Waals surface area contributed by atoms with E-state index in [0.717, 1.165) is 22.2 Å². The second-order valence-electron chi connectivity index (χ2n) is 6.80. The maximum absolute atomic E-state index is 9.64. The van der Waals surface area contributed by atoms with Gasteiger partial charge in [-0.15, -0.1) is 0 Å². The summed E-state index contributed by atoms with van der Waals surface area (Å²) in [7, 11) is 0. The predicted octanol–water partition coefficient (Wildman–Crippen LogP) is 6.85. The summed E-state index contributed by atoms with van der Waals surface area (Å²) in [5.41, 5.74) is 3.53. The van der Waals surface area contributed by atoms with Crippen molar-refractivity contribution in [2.24, 2.45) is 0 Å². The highest BCUT2D eigenvalue weighted by Gasteiger charge is 2.10. The molecule has 0 aliphatic carbocycles. The number of thioether (sulfide) groups is 1. The maximum atomic E-state index is 9.64. The number of fused-ring (bicyclic) bond motifs is 1. The Hall–Kier alpha value is -3.40. The van der Waals surface area contributed by atoms with Crippen molar-refractivity contribution in [2.45, 2.75) is 18.7 Å². The first-order chi connectivity index (χ1) is 15.7. The molecule has 0 aliphatic heterocycles. The SMILES string of the molecule is CCOc1cc(/C=C(\C#N)Sc2nc3ccccc3[nH]2)ccc1OCc1ccccc1Cl. The van der Waals surface area contributed by atoms with Crippen molar-refractivity contribution in [2.75, 3.05) is 6.61 Å². The number of halogens is 1. The predicted molar refractivity (Wildman–Crippen MR) is 129 cm³/mol. The molecule has 32 heavy (non-hydrogen) atoms. The van der Waals surface area contributed by atoms with Gasteiger partial charge in [0.15, 0.2) is 16.7 Å². The Balaban J connectivity index is 1.54. The van der Waals surface area contributed by atoms with Crippen molar-refractivity contribution in [3.05, 3.63) is 87.8 Å². The van der Waals surface area contributed by atoms with E-state index in [4.69, 9.17) is 21.1 Å². The highest BCUT2D eigenvalue weighted by atomic mass is 35.5. The third-order valence-corrected chi connectivity index (χ3v) is 5.78. The second kappa shape index (κ2) is 10.3. The highest BCUT2D eigenvalue weighted by molar-refractivity contribution is 8.03. The molecule has 1 aromatic heterocycles. The van der Waals surface area contributed by atoms with Crippen molar-refractivity contribution < 1.29 is 9.47 Å². The summed E-state index contributed by atoms with van der Waals surface area (Å²) < 4.78 is 11.7. The number of nitriles is 1. The van der Waals surface area contributed by atoms with Crippen LogP contribution in [-0.2, 0) is 6.61 Å². The molecule has 4 rings (SSSR count). The molecule has 3 aromatic carbocycles. The fourth-order valence-electron chi connectivity index (χ4n) is 3.09. The van der Waals surface area contributed by atoms with Crippen LogP contribution in [0.5, 0.6) is 11.5 Å². The monoisotopic (exact) mass is 461 g/mol. The van der Waals surface area contributed by atoms with Crippen LogP contribution in [0, 0.1) is 11.3 Å². The molecule has 0 amide bonds. The molecule has 5 nitrogen and oxygen atoms in total. The molecule has 0 aliphatic rings. The lowest BCUT2D eigenvalue weighted by atomic mass is 10.2. The van der Waals surface area contributed by atoms with Gasteiger partial charge in [0.1, 0.15) is 12.7 Å². The van der Waals surface area contributed by atoms with Crippen LogP contribution in [0.15, 0.2) is 76.8 Å². The van der Waals surface area contributed by atoms with Gasteiger partial charge in [0.2, 0.25) is 0 Å². The Morgan fingerprint density at radius 2 is 1.91 bits per heavy atom. The first kappa shape index (κ1) is 21.8. The van der Waals surface area contributed by atoms with Gasteiger partial charge in [-0.25, -0.2) is 4.98 Å². The first-order valence-corrected chi connectivity index (χ1v) is 11.2. The van der Waals surface area contributed by atoms with Crippen LogP contribution in [0.4, 0.5) is 0 Å². The minimum Gasteiger partial charge on any atom is -0.490 e. The van der Waals surface area contributed by atoms with Crippen molar-refractivity contribution in [3.63, 3.8) is 0 Å². The number of allylic oxidation sites excluding steroid dienone is 1. The smallest absolute Gasteiger partial charge is 0.171 e. The van der Waals surface area contributed by atoms with E-state index in [9.17, 15) is 5.26 Å². The van der Waals surface area contributed by atoms with Crippen LogP contribution in [0.3, 0.4) is 0 Å². The Kier molecular flexibility index (Phi) is 7.00. The topological polar surface area (TPSA) is 70.9 Å². The van der Waals surface area contributed by atoms with Crippen LogP contribution in [0.25, 0.3) is 17.1 Å². The van der Waals surface area contributed by atoms with Crippen LogP contribution in [0.1, 0.15) is 18.1 Å². The third-order valence-electron chi connectivity index (χ3n) is 4.59. The number of nitrogens with one attached hydrogen (secondary N) is 1. The van der Waals surface area contributed by atoms with Crippen LogP contribution in [0.2, 0.25) is 5.02 Å². The normalized spacial score (nSPS) is 11.3. The summed E-state index contributed by atoms with van der Waals surface area (Å²) in [4.78, 5) is 8.26. The Morgan fingerprint density at radius 1 is 1.09 bits per heavy atom. The van der Waals surface area contributed by atoms with E-state index in [0.29, 0.717) is 39.8 Å². The minimum atomic E-state index is 0.334. The number of imidazole rings is 1. The molecule has 0 unspecified atom stereocenters. The van der Waals surface area contributed by atoms with Gasteiger partial charge in [-0.2, -0.15) is 5.26 Å². The molecule has 4 aromatic rings. The number of hydrogen-bond acceptors (Lipinski definition) is 5. The van der Waals surface area contributed by atoms with E-state index >= 15 is 0 Å². The van der Waals surface area contributed by atoms with Gasteiger partial charge in [0.05, 0.1) is 22.5 Å². The summed E-state index contributed by atoms with van der Waals surface area (Å²) in [5.74, 6) is 1.23. The van der Waals surface area contributed by atoms with E-state index in [-0.39, 0.29) is 0 Å². The van der Waals surface area contributed by atoms with Crippen LogP contribution < -0.4 is 9.47 Å². The van der Waals surface area contributed by atoms with Gasteiger partial charge in [-0.1, -0.05) is 48.0 Å². The van der Waals surface area contributed by atoms with Gasteiger partial charge in [0, 0.05) is 10.6 Å². The Bertz CT molecular complexity index is 1280. The van der Waals surface area contributed by atoms with Crippen molar-refractivity contribution >= 4 is 40.5 Å². The number of aromatic nitrogens is 2. The van der Waals surface area contributed by atoms with Crippen LogP contribution >= 0.6 is 23.4 Å². The second-order valence-corrected chi connectivity index (χ2v) is 8.24. The van der Waals surface area contributed by atoms with Crippen molar-refractivity contribution in [1.82, 2.24) is 9.97 Å². The Morgan fingerprint density at radius 3 is 2.69 bits per heavy atom. The van der Waals surface area contributed by atoms with Gasteiger partial charge in [-0.05, 0) is 60.7 Å². The number of aromatic amines is 1. The summed E-state index contributed by atoms with van der Waals surface area (Å²) in [6.07, 6.45) is 1.80. The average Bonchev–Trinajstić information content (AvgIpc) is 3.21. The number of H-pyrrole nitrogens is 1. The number of para-hydroxylation sites is 2. The maximum Gasteiger partial charge on any atom is 0.171 e. The molecule has 0 atom stereocenters. The molecule has 0 spiro atoms. The van der Waals surface area contributed by atoms with E-state index < -0.39 is 0 Å². The van der Waals surface area contributed by atoms with E-state index in [2.05, 4.69) is 16.0 Å². The third kappa shape index (κ3) is 5.25. The lowest BCUT2D eigenvalue weighted by Crippen LogP contribution is -2.00. The molecule has 0 saturated heterocycles. The molecule has 160 valence electrons. The van der Waals surface area contributed by atoms with E-state index in [1.54, 1.807) is 6.08 Å². The molecule has 1 heterocycles. The summed E-state index contributed by atoms with van der Waals surface area (Å²) >= 11 is 7.51. The van der Waals surface area contributed by atoms with E-state index in [1.807, 2.05) is 73.7 Å². The lowest BCUT2D eigenvalue weighted by Gasteiger charge is -2.13. The first-order valence-electron chi connectivity index (χ1n) is 10.0. The quantitative estimate of drug-likeness (QED) is 0.229. The molecule has 1 N–H and O–H groups in total. The number of rotatable bonds is 8. The van der Waals surface area contributed by atoms with Crippen molar-refractivity contribution in [3.8, 4) is 17.6 Å².